The number of nitrogens with one attached hydrogen (secondary N) is 2. The molecule has 17 heavy (non-hydrogen) atoms. The third kappa shape index (κ3) is 4.19. The summed E-state index contributed by atoms with van der Waals surface area (Å²) in [6.45, 7) is 6.45. The number of carbonyl (C=O) groups excluding carboxylic acids is 1. The van der Waals surface area contributed by atoms with Crippen LogP contribution in [0.5, 0.6) is 0 Å². The maximum absolute atomic E-state index is 11.4. The van der Waals surface area contributed by atoms with Crippen molar-refractivity contribution in [3.05, 3.63) is 16.5 Å². The van der Waals surface area contributed by atoms with Gasteiger partial charge in [-0.25, -0.2) is 9.97 Å². The highest BCUT2D eigenvalue weighted by molar-refractivity contribution is 6.30. The van der Waals surface area contributed by atoms with Gasteiger partial charge in [-0.1, -0.05) is 18.5 Å². The van der Waals surface area contributed by atoms with Crippen molar-refractivity contribution in [3.8, 4) is 0 Å². The highest BCUT2D eigenvalue weighted by Gasteiger charge is 2.08. The molecule has 0 aromatic carbocycles. The quantitative estimate of drug-likeness (QED) is 0.787. The Balaban J connectivity index is 2.60. The number of aromatic nitrogens is 2. The summed E-state index contributed by atoms with van der Waals surface area (Å²) in [5.41, 5.74) is 0.751. The molecule has 94 valence electrons. The third-order valence-electron chi connectivity index (χ3n) is 2.19. The molecule has 0 saturated carbocycles. The zero-order valence-corrected chi connectivity index (χ0v) is 11.1. The van der Waals surface area contributed by atoms with E-state index in [1.165, 1.54) is 0 Å². The Morgan fingerprint density at radius 2 is 2.06 bits per heavy atom. The topological polar surface area (TPSA) is 66.9 Å². The Kier molecular flexibility index (Phi) is 5.15. The summed E-state index contributed by atoms with van der Waals surface area (Å²) in [5, 5.41) is 6.14. The van der Waals surface area contributed by atoms with E-state index >= 15 is 0 Å². The van der Waals surface area contributed by atoms with Gasteiger partial charge < -0.3 is 10.6 Å². The number of anilines is 1. The minimum absolute atomic E-state index is 0.0568. The fourth-order valence-electron chi connectivity index (χ4n) is 1.26. The summed E-state index contributed by atoms with van der Waals surface area (Å²) in [6, 6.07) is 0. The Labute approximate surface area is 106 Å². The fourth-order valence-corrected chi connectivity index (χ4v) is 1.47. The van der Waals surface area contributed by atoms with Gasteiger partial charge in [0, 0.05) is 12.1 Å². The number of rotatable bonds is 5. The third-order valence-corrected chi connectivity index (χ3v) is 2.55. The number of halogens is 1. The average molecular weight is 257 g/mol. The normalized spacial score (nSPS) is 10.1. The molecule has 6 heteroatoms. The number of hydrogen-bond donors (Lipinski definition) is 2. The molecule has 0 atom stereocenters. The van der Waals surface area contributed by atoms with E-state index in [0.717, 1.165) is 12.0 Å². The number of carbonyl (C=O) groups is 1. The van der Waals surface area contributed by atoms with E-state index in [9.17, 15) is 4.79 Å². The Hall–Kier alpha value is -1.36. The molecule has 1 amide bonds. The van der Waals surface area contributed by atoms with Gasteiger partial charge in [0.25, 0.3) is 0 Å². The van der Waals surface area contributed by atoms with Gasteiger partial charge in [-0.3, -0.25) is 4.79 Å². The van der Waals surface area contributed by atoms with Crippen LogP contribution >= 0.6 is 11.6 Å². The summed E-state index contributed by atoms with van der Waals surface area (Å²) >= 11 is 5.93. The highest BCUT2D eigenvalue weighted by atomic mass is 35.5. The maximum Gasteiger partial charge on any atom is 0.239 e. The van der Waals surface area contributed by atoms with Crippen molar-refractivity contribution in [2.45, 2.75) is 27.2 Å². The van der Waals surface area contributed by atoms with Gasteiger partial charge in [-0.2, -0.15) is 0 Å². The fraction of sp³-hybridized carbons (Fsp3) is 0.545. The van der Waals surface area contributed by atoms with E-state index in [-0.39, 0.29) is 12.5 Å². The maximum atomic E-state index is 11.4. The molecule has 1 aromatic heterocycles. The molecule has 5 nitrogen and oxygen atoms in total. The molecular weight excluding hydrogens is 240 g/mol. The smallest absolute Gasteiger partial charge is 0.239 e. The SMILES string of the molecule is CCCNC(=O)CNc1nc(C)nc(Cl)c1C. The molecule has 0 aliphatic rings. The van der Waals surface area contributed by atoms with E-state index in [2.05, 4.69) is 20.6 Å². The van der Waals surface area contributed by atoms with Crippen LogP contribution in [0.4, 0.5) is 5.82 Å². The largest absolute Gasteiger partial charge is 0.361 e. The lowest BCUT2D eigenvalue weighted by molar-refractivity contribution is -0.119. The lowest BCUT2D eigenvalue weighted by atomic mass is 10.3. The van der Waals surface area contributed by atoms with Crippen LogP contribution in [-0.4, -0.2) is 29.0 Å². The number of aryl methyl sites for hydroxylation is 1. The van der Waals surface area contributed by atoms with Gasteiger partial charge in [0.1, 0.15) is 16.8 Å². The van der Waals surface area contributed by atoms with Crippen LogP contribution in [0.2, 0.25) is 5.15 Å². The molecule has 0 aliphatic carbocycles. The number of nitrogens with zero attached hydrogens (tertiary/aromatic N) is 2. The van der Waals surface area contributed by atoms with E-state index in [1.807, 2.05) is 13.8 Å². The van der Waals surface area contributed by atoms with Crippen molar-refractivity contribution in [2.75, 3.05) is 18.4 Å². The standard InChI is InChI=1S/C11H17ClN4O/c1-4-5-13-9(17)6-14-11-7(2)10(12)15-8(3)16-11/h4-6H2,1-3H3,(H,13,17)(H,14,15,16). The Morgan fingerprint density at radius 3 is 2.71 bits per heavy atom. The minimum Gasteiger partial charge on any atom is -0.361 e. The lowest BCUT2D eigenvalue weighted by Gasteiger charge is -2.10. The van der Waals surface area contributed by atoms with E-state index in [1.54, 1.807) is 6.92 Å². The van der Waals surface area contributed by atoms with Gasteiger partial charge in [-0.05, 0) is 20.3 Å². The van der Waals surface area contributed by atoms with E-state index < -0.39 is 0 Å². The van der Waals surface area contributed by atoms with E-state index in [0.29, 0.717) is 23.3 Å². The van der Waals surface area contributed by atoms with Crippen molar-refractivity contribution in [3.63, 3.8) is 0 Å². The van der Waals surface area contributed by atoms with Crippen LogP contribution < -0.4 is 10.6 Å². The van der Waals surface area contributed by atoms with Gasteiger partial charge in [-0.15, -0.1) is 0 Å². The van der Waals surface area contributed by atoms with Crippen LogP contribution in [0.15, 0.2) is 0 Å². The lowest BCUT2D eigenvalue weighted by Crippen LogP contribution is -2.30. The van der Waals surface area contributed by atoms with Gasteiger partial charge in [0.05, 0.1) is 6.54 Å². The molecule has 0 radical (unpaired) electrons. The van der Waals surface area contributed by atoms with E-state index in [4.69, 9.17) is 11.6 Å². The summed E-state index contributed by atoms with van der Waals surface area (Å²) in [6.07, 6.45) is 0.920. The van der Waals surface area contributed by atoms with Crippen molar-refractivity contribution in [1.29, 1.82) is 0 Å². The first kappa shape index (κ1) is 13.7. The monoisotopic (exact) mass is 256 g/mol. The molecule has 0 fully saturated rings. The molecule has 0 bridgehead atoms. The second-order valence-electron chi connectivity index (χ2n) is 3.74. The van der Waals surface area contributed by atoms with Crippen LogP contribution in [0.1, 0.15) is 24.7 Å². The van der Waals surface area contributed by atoms with Crippen molar-refractivity contribution >= 4 is 23.3 Å². The first-order chi connectivity index (χ1) is 8.04. The van der Waals surface area contributed by atoms with Gasteiger partial charge in [0.2, 0.25) is 5.91 Å². The number of amides is 1. The molecule has 1 heterocycles. The summed E-state index contributed by atoms with van der Waals surface area (Å²) in [4.78, 5) is 19.6. The first-order valence-corrected chi connectivity index (χ1v) is 5.93. The minimum atomic E-state index is -0.0568. The predicted octanol–water partition coefficient (Wildman–Crippen LogP) is 1.68. The Bertz CT molecular complexity index is 409. The molecule has 1 aromatic rings. The molecule has 0 aliphatic heterocycles. The Morgan fingerprint density at radius 1 is 1.35 bits per heavy atom. The number of hydrogen-bond acceptors (Lipinski definition) is 4. The summed E-state index contributed by atoms with van der Waals surface area (Å²) < 4.78 is 0. The van der Waals surface area contributed by atoms with Crippen molar-refractivity contribution < 1.29 is 4.79 Å². The molecule has 0 spiro atoms. The van der Waals surface area contributed by atoms with Crippen molar-refractivity contribution in [2.24, 2.45) is 0 Å². The highest BCUT2D eigenvalue weighted by Crippen LogP contribution is 2.19. The zero-order valence-electron chi connectivity index (χ0n) is 10.3. The zero-order chi connectivity index (χ0) is 12.8. The van der Waals surface area contributed by atoms with Crippen LogP contribution in [0.25, 0.3) is 0 Å². The van der Waals surface area contributed by atoms with Crippen LogP contribution in [0.3, 0.4) is 0 Å². The average Bonchev–Trinajstić information content (AvgIpc) is 2.29. The predicted molar refractivity (Wildman–Crippen MR) is 68.3 cm³/mol. The van der Waals surface area contributed by atoms with Crippen LogP contribution in [-0.2, 0) is 4.79 Å². The van der Waals surface area contributed by atoms with Gasteiger partial charge in [0.15, 0.2) is 0 Å². The molecule has 1 rings (SSSR count). The molecular formula is C11H17ClN4O. The first-order valence-electron chi connectivity index (χ1n) is 5.56. The molecule has 2 N–H and O–H groups in total. The molecule has 0 unspecified atom stereocenters. The van der Waals surface area contributed by atoms with Crippen molar-refractivity contribution in [1.82, 2.24) is 15.3 Å². The van der Waals surface area contributed by atoms with Crippen LogP contribution in [0, 0.1) is 13.8 Å². The second kappa shape index (κ2) is 6.39. The summed E-state index contributed by atoms with van der Waals surface area (Å²) in [5.74, 6) is 1.13. The van der Waals surface area contributed by atoms with Gasteiger partial charge >= 0.3 is 0 Å². The molecule has 0 saturated heterocycles. The second-order valence-corrected chi connectivity index (χ2v) is 4.10. The summed E-state index contributed by atoms with van der Waals surface area (Å²) in [7, 11) is 0.